The molecule has 1 amide bonds. The van der Waals surface area contributed by atoms with Crippen LogP contribution >= 0.6 is 0 Å². The number of nitrogens with one attached hydrogen (secondary N) is 2. The van der Waals surface area contributed by atoms with E-state index in [-0.39, 0.29) is 5.56 Å². The van der Waals surface area contributed by atoms with E-state index >= 15 is 0 Å². The number of fused-ring (bicyclic) bond motifs is 1. The molecule has 1 saturated heterocycles. The zero-order valence-corrected chi connectivity index (χ0v) is 20.0. The van der Waals surface area contributed by atoms with Gasteiger partial charge in [-0.3, -0.25) is 10.2 Å². The van der Waals surface area contributed by atoms with E-state index in [1.54, 1.807) is 14.2 Å². The molecule has 1 fully saturated rings. The number of hydrogen-bond acceptors (Lipinski definition) is 5. The Morgan fingerprint density at radius 2 is 1.66 bits per heavy atom. The summed E-state index contributed by atoms with van der Waals surface area (Å²) in [6, 6.07) is 8.19. The highest BCUT2D eigenvalue weighted by molar-refractivity contribution is 5.93. The number of piperazine rings is 1. The maximum absolute atomic E-state index is 12.7. The van der Waals surface area contributed by atoms with Gasteiger partial charge in [0.1, 0.15) is 0 Å². The number of carbonyl (C=O) groups is 1. The average molecular weight is 491 g/mol. The summed E-state index contributed by atoms with van der Waals surface area (Å²) >= 11 is 0. The third kappa shape index (κ3) is 5.54. The summed E-state index contributed by atoms with van der Waals surface area (Å²) in [6.07, 6.45) is -3.56. The molecule has 0 unspecified atom stereocenters. The number of methoxy groups -OCH3 is 2. The third-order valence-electron chi connectivity index (χ3n) is 6.41. The molecule has 10 heteroatoms. The van der Waals surface area contributed by atoms with E-state index < -0.39 is 17.6 Å². The highest BCUT2D eigenvalue weighted by Gasteiger charge is 2.30. The number of alkyl halides is 3. The zero-order chi connectivity index (χ0) is 25.2. The smallest absolute Gasteiger partial charge is 0.416 e. The lowest BCUT2D eigenvalue weighted by Crippen LogP contribution is -2.53. The number of carbonyl (C=O) groups excluding carboxylic acids is 1. The fourth-order valence-electron chi connectivity index (χ4n) is 4.41. The Morgan fingerprint density at radius 3 is 2.26 bits per heavy atom. The van der Waals surface area contributed by atoms with Crippen LogP contribution < -0.4 is 14.9 Å². The van der Waals surface area contributed by atoms with Gasteiger partial charge in [-0.25, -0.2) is 5.01 Å². The minimum atomic E-state index is -4.42. The van der Waals surface area contributed by atoms with Crippen molar-refractivity contribution in [1.29, 1.82) is 0 Å². The number of nitrogens with zero attached hydrogens (tertiary/aromatic N) is 2. The standard InChI is InChI=1S/C25H29F3N4O3/c1-16-19(20-14-22(34-2)23(35-3)15-21(20)29-16)8-9-31-10-12-32(13-11-31)30-24(33)17-4-6-18(7-5-17)25(26,27)28/h4-7,14-15,29H,8-13H2,1-3H3,(H,30,33). The zero-order valence-electron chi connectivity index (χ0n) is 20.0. The molecule has 1 aromatic heterocycles. The summed E-state index contributed by atoms with van der Waals surface area (Å²) in [7, 11) is 3.24. The van der Waals surface area contributed by atoms with E-state index in [0.29, 0.717) is 24.6 Å². The van der Waals surface area contributed by atoms with Crippen LogP contribution in [0.15, 0.2) is 36.4 Å². The summed E-state index contributed by atoms with van der Waals surface area (Å²) in [4.78, 5) is 18.2. The second-order valence-electron chi connectivity index (χ2n) is 8.58. The van der Waals surface area contributed by atoms with Crippen LogP contribution in [0.5, 0.6) is 11.5 Å². The maximum Gasteiger partial charge on any atom is 0.416 e. The molecule has 7 nitrogen and oxygen atoms in total. The van der Waals surface area contributed by atoms with Gasteiger partial charge in [-0.05, 0) is 49.2 Å². The summed E-state index contributed by atoms with van der Waals surface area (Å²) in [6.45, 7) is 5.72. The molecule has 0 saturated carbocycles. The largest absolute Gasteiger partial charge is 0.493 e. The van der Waals surface area contributed by atoms with Crippen LogP contribution in [0.3, 0.4) is 0 Å². The Hall–Kier alpha value is -3.24. The Bertz CT molecular complexity index is 1180. The van der Waals surface area contributed by atoms with Crippen LogP contribution in [-0.4, -0.2) is 67.7 Å². The molecule has 35 heavy (non-hydrogen) atoms. The second-order valence-corrected chi connectivity index (χ2v) is 8.58. The maximum atomic E-state index is 12.7. The number of amides is 1. The van der Waals surface area contributed by atoms with Crippen molar-refractivity contribution < 1.29 is 27.4 Å². The molecule has 2 aromatic carbocycles. The fraction of sp³-hybridized carbons (Fsp3) is 0.400. The number of aromatic amines is 1. The van der Waals surface area contributed by atoms with Crippen LogP contribution in [0.25, 0.3) is 10.9 Å². The van der Waals surface area contributed by atoms with Crippen molar-refractivity contribution in [3.8, 4) is 11.5 Å². The first kappa shape index (κ1) is 24.9. The van der Waals surface area contributed by atoms with Crippen molar-refractivity contribution >= 4 is 16.8 Å². The highest BCUT2D eigenvalue weighted by Crippen LogP contribution is 2.35. The summed E-state index contributed by atoms with van der Waals surface area (Å²) < 4.78 is 49.0. The SMILES string of the molecule is COc1cc2[nH]c(C)c(CCN3CCN(NC(=O)c4ccc(C(F)(F)F)cc4)CC3)c2cc1OC. The molecule has 1 aliphatic heterocycles. The van der Waals surface area contributed by atoms with Gasteiger partial charge in [0.25, 0.3) is 5.91 Å². The molecule has 0 bridgehead atoms. The lowest BCUT2D eigenvalue weighted by atomic mass is 10.1. The minimum Gasteiger partial charge on any atom is -0.493 e. The van der Waals surface area contributed by atoms with Crippen molar-refractivity contribution in [3.05, 3.63) is 58.8 Å². The average Bonchev–Trinajstić information content (AvgIpc) is 3.15. The van der Waals surface area contributed by atoms with Crippen LogP contribution in [0.2, 0.25) is 0 Å². The molecule has 4 rings (SSSR count). The summed E-state index contributed by atoms with van der Waals surface area (Å²) in [5.41, 5.74) is 5.57. The molecule has 2 N–H and O–H groups in total. The van der Waals surface area contributed by atoms with Crippen molar-refractivity contribution in [2.75, 3.05) is 46.9 Å². The first-order valence-electron chi connectivity index (χ1n) is 11.4. The van der Waals surface area contributed by atoms with Gasteiger partial charge in [-0.2, -0.15) is 13.2 Å². The van der Waals surface area contributed by atoms with Crippen LogP contribution in [-0.2, 0) is 12.6 Å². The molecule has 0 atom stereocenters. The van der Waals surface area contributed by atoms with Crippen LogP contribution in [0.4, 0.5) is 13.2 Å². The number of ether oxygens (including phenoxy) is 2. The fourth-order valence-corrected chi connectivity index (χ4v) is 4.41. The minimum absolute atomic E-state index is 0.197. The second kappa shape index (κ2) is 10.2. The summed E-state index contributed by atoms with van der Waals surface area (Å²) in [5.74, 6) is 0.964. The van der Waals surface area contributed by atoms with Gasteiger partial charge in [-0.15, -0.1) is 0 Å². The molecule has 3 aromatic rings. The Labute approximate surface area is 201 Å². The highest BCUT2D eigenvalue weighted by atomic mass is 19.4. The predicted molar refractivity (Wildman–Crippen MR) is 127 cm³/mol. The number of halogens is 3. The number of hydrogen-bond donors (Lipinski definition) is 2. The van der Waals surface area contributed by atoms with Crippen LogP contribution in [0.1, 0.15) is 27.2 Å². The number of H-pyrrole nitrogens is 1. The van der Waals surface area contributed by atoms with Crippen molar-refractivity contribution in [2.45, 2.75) is 19.5 Å². The van der Waals surface area contributed by atoms with E-state index in [1.165, 1.54) is 17.7 Å². The van der Waals surface area contributed by atoms with E-state index in [4.69, 9.17) is 9.47 Å². The van der Waals surface area contributed by atoms with E-state index in [9.17, 15) is 18.0 Å². The Kier molecular flexibility index (Phi) is 7.23. The molecule has 0 radical (unpaired) electrons. The Morgan fingerprint density at radius 1 is 1.03 bits per heavy atom. The molecule has 2 heterocycles. The topological polar surface area (TPSA) is 69.8 Å². The van der Waals surface area contributed by atoms with Gasteiger partial charge in [0.15, 0.2) is 11.5 Å². The first-order chi connectivity index (χ1) is 16.7. The van der Waals surface area contributed by atoms with Crippen molar-refractivity contribution in [1.82, 2.24) is 20.3 Å². The number of aryl methyl sites for hydroxylation is 1. The number of aromatic nitrogens is 1. The predicted octanol–water partition coefficient (Wildman–Crippen LogP) is 4.02. The van der Waals surface area contributed by atoms with Crippen molar-refractivity contribution in [2.24, 2.45) is 0 Å². The lowest BCUT2D eigenvalue weighted by molar-refractivity contribution is -0.137. The number of hydrazine groups is 1. The molecule has 0 spiro atoms. The normalized spacial score (nSPS) is 15.4. The number of benzene rings is 2. The van der Waals surface area contributed by atoms with Gasteiger partial charge < -0.3 is 19.4 Å². The van der Waals surface area contributed by atoms with Gasteiger partial charge in [0.05, 0.1) is 19.8 Å². The van der Waals surface area contributed by atoms with Gasteiger partial charge in [0, 0.05) is 61.0 Å². The quantitative estimate of drug-likeness (QED) is 0.524. The van der Waals surface area contributed by atoms with Crippen LogP contribution in [0, 0.1) is 6.92 Å². The van der Waals surface area contributed by atoms with E-state index in [2.05, 4.69) is 22.2 Å². The van der Waals surface area contributed by atoms with Crippen molar-refractivity contribution in [3.63, 3.8) is 0 Å². The third-order valence-corrected chi connectivity index (χ3v) is 6.41. The molecular weight excluding hydrogens is 461 g/mol. The van der Waals surface area contributed by atoms with Gasteiger partial charge >= 0.3 is 6.18 Å². The van der Waals surface area contributed by atoms with E-state index in [0.717, 1.165) is 54.8 Å². The molecule has 0 aliphatic carbocycles. The number of rotatable bonds is 7. The molecule has 188 valence electrons. The summed E-state index contributed by atoms with van der Waals surface area (Å²) in [5, 5.41) is 2.92. The molecular formula is C25H29F3N4O3. The monoisotopic (exact) mass is 490 g/mol. The van der Waals surface area contributed by atoms with Gasteiger partial charge in [-0.1, -0.05) is 0 Å². The van der Waals surface area contributed by atoms with E-state index in [1.807, 2.05) is 17.1 Å². The molecule has 1 aliphatic rings. The van der Waals surface area contributed by atoms with Gasteiger partial charge in [0.2, 0.25) is 0 Å². The first-order valence-corrected chi connectivity index (χ1v) is 11.4. The Balaban J connectivity index is 1.31. The lowest BCUT2D eigenvalue weighted by Gasteiger charge is -2.34.